The fraction of sp³-hybridized carbons (Fsp3) is 0.600. The van der Waals surface area contributed by atoms with Gasteiger partial charge in [0, 0.05) is 33.3 Å². The van der Waals surface area contributed by atoms with E-state index < -0.39 is 0 Å². The van der Waals surface area contributed by atoms with Crippen LogP contribution in [0.5, 0.6) is 0 Å². The zero-order valence-corrected chi connectivity index (χ0v) is 10.1. The van der Waals surface area contributed by atoms with Crippen LogP contribution in [0.3, 0.4) is 0 Å². The molecule has 15 heavy (non-hydrogen) atoms. The van der Waals surface area contributed by atoms with E-state index in [1.165, 1.54) is 4.90 Å². The molecule has 0 aliphatic heterocycles. The Kier molecular flexibility index (Phi) is 4.20. The molecule has 0 aromatic heterocycles. The minimum atomic E-state index is -0.104. The van der Waals surface area contributed by atoms with E-state index in [1.54, 1.807) is 21.1 Å². The molecule has 1 aliphatic carbocycles. The lowest BCUT2D eigenvalue weighted by Gasteiger charge is -2.19. The first-order valence-electron chi connectivity index (χ1n) is 4.89. The molecule has 0 saturated carbocycles. The van der Waals surface area contributed by atoms with Gasteiger partial charge in [-0.25, -0.2) is 0 Å². The minimum Gasteiger partial charge on any atom is -0.390 e. The topological polar surface area (TPSA) is 49.4 Å². The summed E-state index contributed by atoms with van der Waals surface area (Å²) in [6, 6.07) is 0. The van der Waals surface area contributed by atoms with Crippen LogP contribution in [0, 0.1) is 0 Å². The molecule has 0 aromatic rings. The second kappa shape index (κ2) is 5.21. The maximum atomic E-state index is 11.6. The van der Waals surface area contributed by atoms with Crippen LogP contribution in [0.25, 0.3) is 0 Å². The van der Waals surface area contributed by atoms with Gasteiger partial charge in [0.15, 0.2) is 5.78 Å². The molecule has 1 aliphatic rings. The quantitative estimate of drug-likeness (QED) is 0.779. The molecule has 1 N–H and O–H groups in total. The Bertz CT molecular complexity index is 311. The van der Waals surface area contributed by atoms with Crippen molar-refractivity contribution in [1.29, 1.82) is 0 Å². The third-order valence-electron chi connectivity index (χ3n) is 2.21. The molecule has 0 bridgehead atoms. The van der Waals surface area contributed by atoms with Crippen LogP contribution in [0.1, 0.15) is 19.3 Å². The van der Waals surface area contributed by atoms with Crippen molar-refractivity contribution in [3.63, 3.8) is 0 Å². The Hall–Kier alpha value is -0.970. The largest absolute Gasteiger partial charge is 0.390 e. The number of hydrogen-bond donors (Lipinski definition) is 1. The Balaban J connectivity index is 2.83. The molecular weight excluding hydrogens is 212 g/mol. The standard InChI is InChI=1S/C10H16N2O2S/c1-11-7-5-4-6-8(13)9(7)15-10(14)12(2)3/h11H,4-6H2,1-3H3. The van der Waals surface area contributed by atoms with Crippen LogP contribution >= 0.6 is 11.8 Å². The van der Waals surface area contributed by atoms with Gasteiger partial charge in [-0.05, 0) is 24.6 Å². The zero-order valence-electron chi connectivity index (χ0n) is 9.29. The predicted molar refractivity (Wildman–Crippen MR) is 61.6 cm³/mol. The summed E-state index contributed by atoms with van der Waals surface area (Å²) in [5.41, 5.74) is 0.895. The highest BCUT2D eigenvalue weighted by Gasteiger charge is 2.23. The summed E-state index contributed by atoms with van der Waals surface area (Å²) < 4.78 is 0. The molecule has 1 amide bonds. The fourth-order valence-electron chi connectivity index (χ4n) is 1.36. The molecule has 0 saturated heterocycles. The van der Waals surface area contributed by atoms with Gasteiger partial charge in [-0.2, -0.15) is 0 Å². The summed E-state index contributed by atoms with van der Waals surface area (Å²) in [6.07, 6.45) is 2.27. The molecule has 0 atom stereocenters. The number of rotatable bonds is 2. The minimum absolute atomic E-state index is 0.0748. The summed E-state index contributed by atoms with van der Waals surface area (Å²) in [5, 5.41) is 2.89. The third-order valence-corrected chi connectivity index (χ3v) is 3.43. The molecule has 0 unspecified atom stereocenters. The van der Waals surface area contributed by atoms with Crippen LogP contribution in [-0.4, -0.2) is 37.1 Å². The van der Waals surface area contributed by atoms with Crippen LogP contribution in [-0.2, 0) is 4.79 Å². The second-order valence-corrected chi connectivity index (χ2v) is 4.56. The van der Waals surface area contributed by atoms with Crippen LogP contribution in [0.2, 0.25) is 0 Å². The number of nitrogens with zero attached hydrogens (tertiary/aromatic N) is 1. The smallest absolute Gasteiger partial charge is 0.286 e. The first-order valence-corrected chi connectivity index (χ1v) is 5.71. The van der Waals surface area contributed by atoms with Crippen molar-refractivity contribution >= 4 is 22.8 Å². The molecule has 0 radical (unpaired) electrons. The lowest BCUT2D eigenvalue weighted by Crippen LogP contribution is -2.22. The van der Waals surface area contributed by atoms with Gasteiger partial charge in [-0.1, -0.05) is 0 Å². The lowest BCUT2D eigenvalue weighted by atomic mass is 10.0. The van der Waals surface area contributed by atoms with E-state index >= 15 is 0 Å². The van der Waals surface area contributed by atoms with Gasteiger partial charge in [0.2, 0.25) is 0 Å². The maximum Gasteiger partial charge on any atom is 0.286 e. The monoisotopic (exact) mass is 228 g/mol. The number of carbonyl (C=O) groups excluding carboxylic acids is 2. The van der Waals surface area contributed by atoms with Crippen LogP contribution in [0.15, 0.2) is 10.6 Å². The molecule has 0 spiro atoms. The lowest BCUT2D eigenvalue weighted by molar-refractivity contribution is -0.115. The summed E-state index contributed by atoms with van der Waals surface area (Å²) in [7, 11) is 5.15. The molecular formula is C10H16N2O2S. The number of thioether (sulfide) groups is 1. The first-order chi connectivity index (χ1) is 7.06. The highest BCUT2D eigenvalue weighted by molar-refractivity contribution is 8.17. The van der Waals surface area contributed by atoms with Crippen molar-refractivity contribution in [2.45, 2.75) is 19.3 Å². The van der Waals surface area contributed by atoms with E-state index in [9.17, 15) is 9.59 Å². The van der Waals surface area contributed by atoms with Gasteiger partial charge in [-0.15, -0.1) is 0 Å². The SMILES string of the molecule is CNC1=C(SC(=O)N(C)C)C(=O)CCC1. The number of Topliss-reactive ketones (excluding diaryl/α,β-unsaturated/α-hetero) is 1. The number of nitrogens with one attached hydrogen (secondary N) is 1. The average molecular weight is 228 g/mol. The second-order valence-electron chi connectivity index (χ2n) is 3.60. The predicted octanol–water partition coefficient (Wildman–Crippen LogP) is 1.59. The summed E-state index contributed by atoms with van der Waals surface area (Å²) in [4.78, 5) is 25.2. The normalized spacial score (nSPS) is 16.6. The summed E-state index contributed by atoms with van der Waals surface area (Å²) in [6.45, 7) is 0. The molecule has 84 valence electrons. The van der Waals surface area contributed by atoms with Crippen molar-refractivity contribution in [1.82, 2.24) is 10.2 Å². The molecule has 1 rings (SSSR count). The van der Waals surface area contributed by atoms with Gasteiger partial charge < -0.3 is 10.2 Å². The van der Waals surface area contributed by atoms with Crippen molar-refractivity contribution in [3.05, 3.63) is 10.6 Å². The number of hydrogen-bond acceptors (Lipinski definition) is 4. The van der Waals surface area contributed by atoms with Crippen molar-refractivity contribution < 1.29 is 9.59 Å². The van der Waals surface area contributed by atoms with Crippen molar-refractivity contribution in [2.24, 2.45) is 0 Å². The van der Waals surface area contributed by atoms with E-state index in [0.29, 0.717) is 11.3 Å². The number of amides is 1. The Morgan fingerprint density at radius 1 is 1.40 bits per heavy atom. The number of ketones is 1. The van der Waals surface area contributed by atoms with E-state index in [0.717, 1.165) is 30.3 Å². The van der Waals surface area contributed by atoms with Crippen LogP contribution < -0.4 is 5.32 Å². The Morgan fingerprint density at radius 2 is 2.07 bits per heavy atom. The highest BCUT2D eigenvalue weighted by Crippen LogP contribution is 2.30. The molecule has 0 aromatic carbocycles. The van der Waals surface area contributed by atoms with Gasteiger partial charge in [-0.3, -0.25) is 9.59 Å². The summed E-state index contributed by atoms with van der Waals surface area (Å²) in [5.74, 6) is 0.0748. The molecule has 0 fully saturated rings. The van der Waals surface area contributed by atoms with Gasteiger partial charge in [0.1, 0.15) is 0 Å². The number of allylic oxidation sites excluding steroid dienone is 2. The average Bonchev–Trinajstić information content (AvgIpc) is 2.20. The van der Waals surface area contributed by atoms with Gasteiger partial charge in [0.25, 0.3) is 5.24 Å². The van der Waals surface area contributed by atoms with Crippen molar-refractivity contribution in [3.8, 4) is 0 Å². The fourth-order valence-corrected chi connectivity index (χ4v) is 2.26. The number of carbonyl (C=O) groups is 2. The van der Waals surface area contributed by atoms with E-state index in [4.69, 9.17) is 0 Å². The van der Waals surface area contributed by atoms with Gasteiger partial charge in [0.05, 0.1) is 4.91 Å². The van der Waals surface area contributed by atoms with E-state index in [-0.39, 0.29) is 11.0 Å². The van der Waals surface area contributed by atoms with Crippen molar-refractivity contribution in [2.75, 3.05) is 21.1 Å². The van der Waals surface area contributed by atoms with E-state index in [2.05, 4.69) is 5.32 Å². The first kappa shape index (κ1) is 12.1. The van der Waals surface area contributed by atoms with Crippen LogP contribution in [0.4, 0.5) is 4.79 Å². The molecule has 4 nitrogen and oxygen atoms in total. The zero-order chi connectivity index (χ0) is 11.4. The Morgan fingerprint density at radius 3 is 2.60 bits per heavy atom. The summed E-state index contributed by atoms with van der Waals surface area (Å²) >= 11 is 1.02. The van der Waals surface area contributed by atoms with Gasteiger partial charge >= 0.3 is 0 Å². The highest BCUT2D eigenvalue weighted by atomic mass is 32.2. The van der Waals surface area contributed by atoms with E-state index in [1.807, 2.05) is 0 Å². The molecule has 5 heteroatoms. The third kappa shape index (κ3) is 2.99. The Labute approximate surface area is 94.1 Å². The maximum absolute atomic E-state index is 11.6. The molecule has 0 heterocycles.